The Labute approximate surface area is 104 Å². The number of fused-ring (bicyclic) bond motifs is 1. The molecule has 18 heavy (non-hydrogen) atoms. The lowest BCUT2D eigenvalue weighted by molar-refractivity contribution is -0.137. The molecule has 0 radical (unpaired) electrons. The molecule has 0 saturated heterocycles. The molecule has 0 amide bonds. The van der Waals surface area contributed by atoms with Crippen molar-refractivity contribution in [2.45, 2.75) is 18.2 Å². The van der Waals surface area contributed by atoms with Crippen LogP contribution in [0.4, 0.5) is 13.2 Å². The molecule has 1 aliphatic carbocycles. The Balaban J connectivity index is 2.48. The first kappa shape index (κ1) is 12.9. The molecule has 0 aliphatic heterocycles. The Morgan fingerprint density at radius 2 is 2.11 bits per heavy atom. The second kappa shape index (κ2) is 4.28. The molecule has 1 aromatic rings. The third kappa shape index (κ3) is 1.97. The summed E-state index contributed by atoms with van der Waals surface area (Å²) in [5.74, 6) is 0. The van der Waals surface area contributed by atoms with Crippen LogP contribution >= 0.6 is 0 Å². The molecule has 96 valence electrons. The van der Waals surface area contributed by atoms with Crippen LogP contribution in [0.25, 0.3) is 6.08 Å². The number of hydrogen-bond acceptors (Lipinski definition) is 1. The highest BCUT2D eigenvalue weighted by Gasteiger charge is 2.36. The Morgan fingerprint density at radius 3 is 2.67 bits per heavy atom. The summed E-state index contributed by atoms with van der Waals surface area (Å²) in [6, 6.07) is 3.71. The van der Waals surface area contributed by atoms with Gasteiger partial charge in [-0.1, -0.05) is 18.2 Å². The zero-order valence-electron chi connectivity index (χ0n) is 9.92. The van der Waals surface area contributed by atoms with E-state index < -0.39 is 17.3 Å². The molecule has 1 atom stereocenters. The van der Waals surface area contributed by atoms with E-state index in [1.807, 2.05) is 0 Å². The average Bonchev–Trinajstić information content (AvgIpc) is 2.68. The molecule has 0 aromatic heterocycles. The van der Waals surface area contributed by atoms with Gasteiger partial charge in [-0.15, -0.1) is 6.58 Å². The summed E-state index contributed by atoms with van der Waals surface area (Å²) in [5.41, 5.74) is -0.0240. The summed E-state index contributed by atoms with van der Waals surface area (Å²) in [4.78, 5) is 0. The predicted octanol–water partition coefficient (Wildman–Crippen LogP) is 4.15. The van der Waals surface area contributed by atoms with Gasteiger partial charge in [0.25, 0.3) is 0 Å². The SMILES string of the molecule is C=CCC1(OC)C=Cc2cc(C(F)(F)F)ccc21. The van der Waals surface area contributed by atoms with Crippen molar-refractivity contribution in [1.82, 2.24) is 0 Å². The molecule has 1 unspecified atom stereocenters. The van der Waals surface area contributed by atoms with Crippen molar-refractivity contribution in [3.05, 3.63) is 53.6 Å². The van der Waals surface area contributed by atoms with Crippen LogP contribution in [0.5, 0.6) is 0 Å². The van der Waals surface area contributed by atoms with Crippen molar-refractivity contribution in [3.63, 3.8) is 0 Å². The lowest BCUT2D eigenvalue weighted by atomic mass is 9.91. The fourth-order valence-electron chi connectivity index (χ4n) is 2.23. The van der Waals surface area contributed by atoms with Crippen LogP contribution < -0.4 is 0 Å². The average molecular weight is 254 g/mol. The number of benzene rings is 1. The fourth-order valence-corrected chi connectivity index (χ4v) is 2.23. The van der Waals surface area contributed by atoms with Gasteiger partial charge >= 0.3 is 6.18 Å². The number of halogens is 3. The number of methoxy groups -OCH3 is 1. The van der Waals surface area contributed by atoms with Crippen molar-refractivity contribution in [3.8, 4) is 0 Å². The minimum Gasteiger partial charge on any atom is -0.369 e. The number of ether oxygens (including phenoxy) is 1. The maximum atomic E-state index is 12.6. The van der Waals surface area contributed by atoms with Gasteiger partial charge in [0.2, 0.25) is 0 Å². The Kier molecular flexibility index (Phi) is 3.07. The summed E-state index contributed by atoms with van der Waals surface area (Å²) < 4.78 is 43.3. The molecule has 0 spiro atoms. The van der Waals surface area contributed by atoms with E-state index in [2.05, 4.69) is 6.58 Å². The van der Waals surface area contributed by atoms with Gasteiger partial charge in [-0.05, 0) is 29.3 Å². The van der Waals surface area contributed by atoms with Crippen LogP contribution in [0.1, 0.15) is 23.1 Å². The molecule has 0 fully saturated rings. The Morgan fingerprint density at radius 1 is 1.39 bits per heavy atom. The van der Waals surface area contributed by atoms with E-state index in [1.54, 1.807) is 25.3 Å². The minimum absolute atomic E-state index is 0.526. The lowest BCUT2D eigenvalue weighted by Crippen LogP contribution is -2.23. The minimum atomic E-state index is -4.32. The van der Waals surface area contributed by atoms with Gasteiger partial charge in [0.15, 0.2) is 0 Å². The summed E-state index contributed by atoms with van der Waals surface area (Å²) in [6.45, 7) is 3.65. The maximum Gasteiger partial charge on any atom is 0.416 e. The number of alkyl halides is 3. The highest BCUT2D eigenvalue weighted by Crippen LogP contribution is 2.41. The third-order valence-corrected chi connectivity index (χ3v) is 3.18. The highest BCUT2D eigenvalue weighted by atomic mass is 19.4. The van der Waals surface area contributed by atoms with Gasteiger partial charge in [-0.2, -0.15) is 13.2 Å². The van der Waals surface area contributed by atoms with E-state index in [1.165, 1.54) is 6.07 Å². The van der Waals surface area contributed by atoms with Crippen molar-refractivity contribution in [2.24, 2.45) is 0 Å². The molecule has 1 nitrogen and oxygen atoms in total. The smallest absolute Gasteiger partial charge is 0.369 e. The van der Waals surface area contributed by atoms with Crippen LogP contribution in [0.3, 0.4) is 0 Å². The lowest BCUT2D eigenvalue weighted by Gasteiger charge is -2.26. The Hall–Kier alpha value is -1.55. The van der Waals surface area contributed by atoms with Crippen molar-refractivity contribution in [1.29, 1.82) is 0 Å². The number of rotatable bonds is 3. The van der Waals surface area contributed by atoms with Gasteiger partial charge < -0.3 is 4.74 Å². The summed E-state index contributed by atoms with van der Waals surface area (Å²) in [7, 11) is 1.54. The zero-order chi connectivity index (χ0) is 13.4. The van der Waals surface area contributed by atoms with Gasteiger partial charge in [-0.25, -0.2) is 0 Å². The van der Waals surface area contributed by atoms with Crippen LogP contribution in [-0.2, 0) is 16.5 Å². The zero-order valence-corrected chi connectivity index (χ0v) is 9.92. The molecular weight excluding hydrogens is 241 g/mol. The monoisotopic (exact) mass is 254 g/mol. The molecule has 0 heterocycles. The third-order valence-electron chi connectivity index (χ3n) is 3.18. The quantitative estimate of drug-likeness (QED) is 0.736. The second-order valence-electron chi connectivity index (χ2n) is 4.22. The van der Waals surface area contributed by atoms with Crippen molar-refractivity contribution < 1.29 is 17.9 Å². The van der Waals surface area contributed by atoms with Crippen LogP contribution in [0.15, 0.2) is 36.9 Å². The molecule has 1 aromatic carbocycles. The largest absolute Gasteiger partial charge is 0.416 e. The van der Waals surface area contributed by atoms with Gasteiger partial charge in [0.1, 0.15) is 5.60 Å². The van der Waals surface area contributed by atoms with Crippen LogP contribution in [0, 0.1) is 0 Å². The first-order valence-corrected chi connectivity index (χ1v) is 5.50. The first-order valence-electron chi connectivity index (χ1n) is 5.50. The van der Waals surface area contributed by atoms with Crippen molar-refractivity contribution in [2.75, 3.05) is 7.11 Å². The van der Waals surface area contributed by atoms with Crippen molar-refractivity contribution >= 4 is 6.08 Å². The van der Waals surface area contributed by atoms with Gasteiger partial charge in [-0.3, -0.25) is 0 Å². The summed E-state index contributed by atoms with van der Waals surface area (Å²) in [6.07, 6.45) is 1.34. The molecule has 1 aliphatic rings. The predicted molar refractivity (Wildman–Crippen MR) is 64.0 cm³/mol. The van der Waals surface area contributed by atoms with E-state index in [0.717, 1.165) is 17.7 Å². The van der Waals surface area contributed by atoms with E-state index >= 15 is 0 Å². The van der Waals surface area contributed by atoms with Gasteiger partial charge in [0.05, 0.1) is 5.56 Å². The molecule has 0 bridgehead atoms. The van der Waals surface area contributed by atoms with E-state index in [9.17, 15) is 13.2 Å². The fraction of sp³-hybridized carbons (Fsp3) is 0.286. The highest BCUT2D eigenvalue weighted by molar-refractivity contribution is 5.65. The molecule has 0 saturated carbocycles. The standard InChI is InChI=1S/C14H13F3O/c1-3-7-13(18-2)8-6-10-9-11(14(15,16)17)4-5-12(10)13/h3-6,8-9H,1,7H2,2H3. The molecule has 4 heteroatoms. The van der Waals surface area contributed by atoms with E-state index in [-0.39, 0.29) is 0 Å². The van der Waals surface area contributed by atoms with E-state index in [0.29, 0.717) is 12.0 Å². The summed E-state index contributed by atoms with van der Waals surface area (Å²) in [5, 5.41) is 0. The molecule has 2 rings (SSSR count). The second-order valence-corrected chi connectivity index (χ2v) is 4.22. The number of hydrogen-bond donors (Lipinski definition) is 0. The maximum absolute atomic E-state index is 12.6. The molecule has 0 N–H and O–H groups in total. The first-order chi connectivity index (χ1) is 8.43. The van der Waals surface area contributed by atoms with E-state index in [4.69, 9.17) is 4.74 Å². The topological polar surface area (TPSA) is 9.23 Å². The van der Waals surface area contributed by atoms with Crippen LogP contribution in [0.2, 0.25) is 0 Å². The van der Waals surface area contributed by atoms with Crippen LogP contribution in [-0.4, -0.2) is 7.11 Å². The molecular formula is C14H13F3O. The van der Waals surface area contributed by atoms with Gasteiger partial charge in [0, 0.05) is 13.5 Å². The Bertz CT molecular complexity index is 502. The normalized spacial score (nSPS) is 22.0. The summed E-state index contributed by atoms with van der Waals surface area (Å²) >= 11 is 0.